The highest BCUT2D eigenvalue weighted by Gasteiger charge is 2.08. The average molecular weight is 257 g/mol. The van der Waals surface area contributed by atoms with Gasteiger partial charge in [-0.1, -0.05) is 13.0 Å². The maximum atomic E-state index is 4.51. The summed E-state index contributed by atoms with van der Waals surface area (Å²) in [6.07, 6.45) is 2.78. The zero-order chi connectivity index (χ0) is 13.7. The molecule has 5 nitrogen and oxygen atoms in total. The van der Waals surface area contributed by atoms with E-state index in [9.17, 15) is 0 Å². The molecule has 0 fully saturated rings. The molecule has 0 saturated heterocycles. The molecule has 100 valence electrons. The molecule has 2 N–H and O–H groups in total. The Labute approximate surface area is 113 Å². The van der Waals surface area contributed by atoms with Gasteiger partial charge in [-0.25, -0.2) is 4.98 Å². The highest BCUT2D eigenvalue weighted by molar-refractivity contribution is 5.60. The Morgan fingerprint density at radius 1 is 1.21 bits per heavy atom. The van der Waals surface area contributed by atoms with Gasteiger partial charge in [-0.15, -0.1) is 0 Å². The highest BCUT2D eigenvalue weighted by atomic mass is 15.1. The topological polar surface area (TPSA) is 62.7 Å². The minimum atomic E-state index is 0.337. The fourth-order valence-corrected chi connectivity index (χ4v) is 1.61. The van der Waals surface area contributed by atoms with Gasteiger partial charge >= 0.3 is 0 Å². The van der Waals surface area contributed by atoms with Crippen LogP contribution < -0.4 is 10.6 Å². The molecule has 5 heteroatoms. The van der Waals surface area contributed by atoms with E-state index in [1.54, 1.807) is 6.20 Å². The van der Waals surface area contributed by atoms with Crippen molar-refractivity contribution in [3.63, 3.8) is 0 Å². The van der Waals surface area contributed by atoms with Crippen molar-refractivity contribution < 1.29 is 0 Å². The molecule has 0 aromatic carbocycles. The third-order valence-corrected chi connectivity index (χ3v) is 2.90. The second-order valence-corrected chi connectivity index (χ2v) is 4.38. The van der Waals surface area contributed by atoms with Gasteiger partial charge in [0.2, 0.25) is 5.95 Å². The Kier molecular flexibility index (Phi) is 4.28. The molecule has 0 bridgehead atoms. The predicted octanol–water partition coefficient (Wildman–Crippen LogP) is 2.79. The van der Waals surface area contributed by atoms with Crippen molar-refractivity contribution in [1.82, 2.24) is 15.0 Å². The molecule has 2 rings (SSSR count). The Morgan fingerprint density at radius 3 is 2.68 bits per heavy atom. The summed E-state index contributed by atoms with van der Waals surface area (Å²) in [5.74, 6) is 1.41. The third-order valence-electron chi connectivity index (χ3n) is 2.90. The minimum absolute atomic E-state index is 0.337. The second kappa shape index (κ2) is 6.13. The number of aromatic nitrogens is 3. The van der Waals surface area contributed by atoms with Gasteiger partial charge in [-0.3, -0.25) is 4.98 Å². The molecule has 0 spiro atoms. The van der Waals surface area contributed by atoms with Crippen LogP contribution in [-0.4, -0.2) is 28.0 Å². The maximum absolute atomic E-state index is 4.51. The van der Waals surface area contributed by atoms with Crippen LogP contribution in [0.3, 0.4) is 0 Å². The Bertz CT molecular complexity index is 527. The SMILES string of the molecule is CC[C@@H](C)Nc1nc(NC)cc(-c2ccccn2)n1. The predicted molar refractivity (Wildman–Crippen MR) is 78.2 cm³/mol. The lowest BCUT2D eigenvalue weighted by Gasteiger charge is -2.13. The number of hydrogen-bond donors (Lipinski definition) is 2. The Balaban J connectivity index is 2.36. The molecule has 0 unspecified atom stereocenters. The van der Waals surface area contributed by atoms with E-state index in [0.29, 0.717) is 12.0 Å². The molecular formula is C14H19N5. The van der Waals surface area contributed by atoms with Gasteiger partial charge in [0.1, 0.15) is 5.82 Å². The zero-order valence-corrected chi connectivity index (χ0v) is 11.5. The fraction of sp³-hybridized carbons (Fsp3) is 0.357. The van der Waals surface area contributed by atoms with E-state index >= 15 is 0 Å². The second-order valence-electron chi connectivity index (χ2n) is 4.38. The van der Waals surface area contributed by atoms with Crippen LogP contribution in [0.2, 0.25) is 0 Å². The number of rotatable bonds is 5. The molecule has 0 aliphatic rings. The van der Waals surface area contributed by atoms with Gasteiger partial charge < -0.3 is 10.6 Å². The first kappa shape index (κ1) is 13.3. The molecular weight excluding hydrogens is 238 g/mol. The first-order chi connectivity index (χ1) is 9.22. The summed E-state index contributed by atoms with van der Waals surface area (Å²) in [4.78, 5) is 13.2. The van der Waals surface area contributed by atoms with E-state index in [4.69, 9.17) is 0 Å². The molecule has 0 aliphatic carbocycles. The van der Waals surface area contributed by atoms with Gasteiger partial charge in [-0.05, 0) is 25.5 Å². The summed E-state index contributed by atoms with van der Waals surface area (Å²) >= 11 is 0. The van der Waals surface area contributed by atoms with Crippen LogP contribution in [0.1, 0.15) is 20.3 Å². The van der Waals surface area contributed by atoms with E-state index in [2.05, 4.69) is 39.4 Å². The molecule has 1 atom stereocenters. The van der Waals surface area contributed by atoms with Crippen molar-refractivity contribution in [1.29, 1.82) is 0 Å². The van der Waals surface area contributed by atoms with Crippen molar-refractivity contribution in [2.45, 2.75) is 26.3 Å². The lowest BCUT2D eigenvalue weighted by Crippen LogP contribution is -2.16. The number of nitrogens with one attached hydrogen (secondary N) is 2. The van der Waals surface area contributed by atoms with E-state index in [0.717, 1.165) is 23.6 Å². The first-order valence-corrected chi connectivity index (χ1v) is 6.47. The zero-order valence-electron chi connectivity index (χ0n) is 11.5. The van der Waals surface area contributed by atoms with Crippen LogP contribution in [0.25, 0.3) is 11.4 Å². The van der Waals surface area contributed by atoms with Crippen molar-refractivity contribution in [2.75, 3.05) is 17.7 Å². The van der Waals surface area contributed by atoms with Gasteiger partial charge in [0.25, 0.3) is 0 Å². The summed E-state index contributed by atoms with van der Waals surface area (Å²) < 4.78 is 0. The monoisotopic (exact) mass is 257 g/mol. The van der Waals surface area contributed by atoms with Gasteiger partial charge in [-0.2, -0.15) is 4.98 Å². The molecule has 0 aliphatic heterocycles. The number of nitrogens with zero attached hydrogens (tertiary/aromatic N) is 3. The number of hydrogen-bond acceptors (Lipinski definition) is 5. The molecule has 2 heterocycles. The summed E-state index contributed by atoms with van der Waals surface area (Å²) in [5.41, 5.74) is 1.65. The Hall–Kier alpha value is -2.17. The maximum Gasteiger partial charge on any atom is 0.225 e. The molecule has 0 saturated carbocycles. The van der Waals surface area contributed by atoms with Crippen LogP contribution in [0.5, 0.6) is 0 Å². The van der Waals surface area contributed by atoms with Gasteiger partial charge in [0.15, 0.2) is 0 Å². The van der Waals surface area contributed by atoms with Crippen molar-refractivity contribution in [3.8, 4) is 11.4 Å². The van der Waals surface area contributed by atoms with E-state index in [1.165, 1.54) is 0 Å². The van der Waals surface area contributed by atoms with Crippen LogP contribution in [-0.2, 0) is 0 Å². The van der Waals surface area contributed by atoms with Crippen molar-refractivity contribution >= 4 is 11.8 Å². The summed E-state index contributed by atoms with van der Waals surface area (Å²) in [6, 6.07) is 8.01. The molecule has 0 radical (unpaired) electrons. The molecule has 2 aromatic heterocycles. The van der Waals surface area contributed by atoms with Crippen LogP contribution in [0.4, 0.5) is 11.8 Å². The van der Waals surface area contributed by atoms with Gasteiger partial charge in [0.05, 0.1) is 11.4 Å². The largest absolute Gasteiger partial charge is 0.373 e. The normalized spacial score (nSPS) is 11.9. The summed E-state index contributed by atoms with van der Waals surface area (Å²) in [7, 11) is 1.84. The quantitative estimate of drug-likeness (QED) is 0.862. The number of anilines is 2. The standard InChI is InChI=1S/C14H19N5/c1-4-10(2)17-14-18-12(9-13(15-3)19-14)11-7-5-6-8-16-11/h5-10H,4H2,1-3H3,(H2,15,17,18,19)/t10-/m1/s1. The van der Waals surface area contributed by atoms with Crippen LogP contribution in [0.15, 0.2) is 30.5 Å². The molecule has 19 heavy (non-hydrogen) atoms. The summed E-state index contributed by atoms with van der Waals surface area (Å²) in [6.45, 7) is 4.23. The minimum Gasteiger partial charge on any atom is -0.373 e. The first-order valence-electron chi connectivity index (χ1n) is 6.47. The molecule has 2 aromatic rings. The van der Waals surface area contributed by atoms with Gasteiger partial charge in [0, 0.05) is 25.4 Å². The Morgan fingerprint density at radius 2 is 2.05 bits per heavy atom. The van der Waals surface area contributed by atoms with E-state index < -0.39 is 0 Å². The lowest BCUT2D eigenvalue weighted by molar-refractivity contribution is 0.753. The van der Waals surface area contributed by atoms with Crippen molar-refractivity contribution in [2.24, 2.45) is 0 Å². The van der Waals surface area contributed by atoms with E-state index in [-0.39, 0.29) is 0 Å². The average Bonchev–Trinajstić information content (AvgIpc) is 2.47. The van der Waals surface area contributed by atoms with E-state index in [1.807, 2.05) is 31.3 Å². The smallest absolute Gasteiger partial charge is 0.225 e. The number of pyridine rings is 1. The lowest BCUT2D eigenvalue weighted by atomic mass is 10.2. The highest BCUT2D eigenvalue weighted by Crippen LogP contribution is 2.19. The van der Waals surface area contributed by atoms with Crippen LogP contribution in [0, 0.1) is 0 Å². The third kappa shape index (κ3) is 3.40. The molecule has 0 amide bonds. The van der Waals surface area contributed by atoms with Crippen molar-refractivity contribution in [3.05, 3.63) is 30.5 Å². The fourth-order valence-electron chi connectivity index (χ4n) is 1.61. The van der Waals surface area contributed by atoms with Crippen LogP contribution >= 0.6 is 0 Å². The summed E-state index contributed by atoms with van der Waals surface area (Å²) in [5, 5.41) is 6.34.